The van der Waals surface area contributed by atoms with Crippen LogP contribution in [0.25, 0.3) is 10.9 Å². The summed E-state index contributed by atoms with van der Waals surface area (Å²) in [6.45, 7) is 3.62. The van der Waals surface area contributed by atoms with Crippen LogP contribution in [0.5, 0.6) is 0 Å². The van der Waals surface area contributed by atoms with Crippen molar-refractivity contribution in [2.45, 2.75) is 51.2 Å². The van der Waals surface area contributed by atoms with E-state index in [1.807, 2.05) is 30.0 Å². The first-order valence-electron chi connectivity index (χ1n) is 9.94. The number of carbonyl (C=O) groups is 2. The average molecular weight is 385 g/mol. The molecule has 28 heavy (non-hydrogen) atoms. The van der Waals surface area contributed by atoms with Gasteiger partial charge in [0.15, 0.2) is 5.76 Å². The first kappa shape index (κ1) is 18.6. The van der Waals surface area contributed by atoms with Gasteiger partial charge in [-0.25, -0.2) is 9.59 Å². The van der Waals surface area contributed by atoms with Crippen molar-refractivity contribution in [2.75, 3.05) is 20.1 Å². The smallest absolute Gasteiger partial charge is 0.318 e. The topological polar surface area (TPSA) is 90.7 Å². The van der Waals surface area contributed by atoms with Crippen molar-refractivity contribution in [3.8, 4) is 0 Å². The molecule has 8 nitrogen and oxygen atoms in total. The van der Waals surface area contributed by atoms with Gasteiger partial charge in [-0.15, -0.1) is 0 Å². The fourth-order valence-corrected chi connectivity index (χ4v) is 3.99. The molecule has 1 saturated carbocycles. The summed E-state index contributed by atoms with van der Waals surface area (Å²) in [6.07, 6.45) is 3.87. The Morgan fingerprint density at radius 3 is 2.86 bits per heavy atom. The highest BCUT2D eigenvalue weighted by Gasteiger charge is 2.39. The van der Waals surface area contributed by atoms with E-state index in [0.717, 1.165) is 48.7 Å². The molecule has 1 saturated heterocycles. The van der Waals surface area contributed by atoms with Crippen molar-refractivity contribution < 1.29 is 14.1 Å². The molecule has 2 fully saturated rings. The van der Waals surface area contributed by atoms with Crippen LogP contribution in [0.2, 0.25) is 0 Å². The van der Waals surface area contributed by atoms with Gasteiger partial charge in [0.25, 0.3) is 0 Å². The minimum atomic E-state index is -0.0945. The van der Waals surface area contributed by atoms with Gasteiger partial charge in [0.05, 0.1) is 12.6 Å². The second-order valence-electron chi connectivity index (χ2n) is 7.72. The highest BCUT2D eigenvalue weighted by atomic mass is 16.5. The maximum atomic E-state index is 13.0. The van der Waals surface area contributed by atoms with E-state index in [0.29, 0.717) is 18.8 Å². The van der Waals surface area contributed by atoms with Crippen LogP contribution in [0, 0.1) is 6.92 Å². The molecule has 0 spiro atoms. The quantitative estimate of drug-likeness (QED) is 0.846. The first-order chi connectivity index (χ1) is 13.6. The van der Waals surface area contributed by atoms with E-state index in [-0.39, 0.29) is 24.1 Å². The Bertz CT molecular complexity index is 876. The Kier molecular flexibility index (Phi) is 5.11. The Morgan fingerprint density at radius 2 is 2.11 bits per heavy atom. The monoisotopic (exact) mass is 385 g/mol. The van der Waals surface area contributed by atoms with Crippen LogP contribution < -0.4 is 10.6 Å². The third-order valence-corrected chi connectivity index (χ3v) is 5.57. The van der Waals surface area contributed by atoms with Gasteiger partial charge in [0.2, 0.25) is 0 Å². The van der Waals surface area contributed by atoms with Crippen molar-refractivity contribution in [2.24, 2.45) is 0 Å². The highest BCUT2D eigenvalue weighted by molar-refractivity contribution is 5.82. The number of urea groups is 2. The Hall–Kier alpha value is -2.77. The molecule has 1 aliphatic heterocycles. The van der Waals surface area contributed by atoms with Crippen LogP contribution >= 0.6 is 0 Å². The van der Waals surface area contributed by atoms with Gasteiger partial charge in [-0.2, -0.15) is 0 Å². The zero-order chi connectivity index (χ0) is 19.7. The number of amides is 4. The fourth-order valence-electron chi connectivity index (χ4n) is 3.99. The summed E-state index contributed by atoms with van der Waals surface area (Å²) in [5.41, 5.74) is 1.92. The highest BCUT2D eigenvalue weighted by Crippen LogP contribution is 2.31. The van der Waals surface area contributed by atoms with Crippen LogP contribution in [0.15, 0.2) is 22.7 Å². The minimum absolute atomic E-state index is 0.0488. The number of aryl methyl sites for hydroxylation is 1. The molecule has 4 rings (SSSR count). The van der Waals surface area contributed by atoms with E-state index in [1.165, 1.54) is 0 Å². The minimum Gasteiger partial charge on any atom is -0.358 e. The summed E-state index contributed by atoms with van der Waals surface area (Å²) in [7, 11) is 1.64. The van der Waals surface area contributed by atoms with Crippen LogP contribution in [0.3, 0.4) is 0 Å². The lowest BCUT2D eigenvalue weighted by Crippen LogP contribution is -2.56. The van der Waals surface area contributed by atoms with E-state index < -0.39 is 0 Å². The molecule has 0 bridgehead atoms. The Morgan fingerprint density at radius 1 is 1.29 bits per heavy atom. The lowest BCUT2D eigenvalue weighted by atomic mass is 10.0. The molecule has 1 aromatic heterocycles. The second kappa shape index (κ2) is 7.69. The predicted molar refractivity (Wildman–Crippen MR) is 105 cm³/mol. The van der Waals surface area contributed by atoms with Crippen LogP contribution in [-0.4, -0.2) is 59.2 Å². The van der Waals surface area contributed by atoms with Gasteiger partial charge in [-0.3, -0.25) is 0 Å². The molecule has 4 amide bonds. The molecule has 2 aromatic rings. The van der Waals surface area contributed by atoms with Gasteiger partial charge < -0.3 is 25.0 Å². The van der Waals surface area contributed by atoms with Crippen molar-refractivity contribution in [3.05, 3.63) is 29.5 Å². The van der Waals surface area contributed by atoms with Gasteiger partial charge in [-0.05, 0) is 50.3 Å². The SMILES string of the molecule is CNC(=O)N1CCCC(N(C(=O)NCc2onc3cc(C)ccc23)C2CC2)C1. The van der Waals surface area contributed by atoms with Crippen LogP contribution in [-0.2, 0) is 6.54 Å². The maximum Gasteiger partial charge on any atom is 0.318 e. The number of likely N-dealkylation sites (tertiary alicyclic amines) is 1. The summed E-state index contributed by atoms with van der Waals surface area (Å²) < 4.78 is 5.44. The number of hydrogen-bond acceptors (Lipinski definition) is 4. The first-order valence-corrected chi connectivity index (χ1v) is 9.94. The van der Waals surface area contributed by atoms with Crippen LogP contribution in [0.4, 0.5) is 9.59 Å². The molecular weight excluding hydrogens is 358 g/mol. The molecule has 1 aliphatic carbocycles. The van der Waals surface area contributed by atoms with Crippen molar-refractivity contribution in [1.82, 2.24) is 25.6 Å². The molecular formula is C20H27N5O3. The number of hydrogen-bond donors (Lipinski definition) is 2. The van der Waals surface area contributed by atoms with Crippen molar-refractivity contribution in [3.63, 3.8) is 0 Å². The number of carbonyl (C=O) groups excluding carboxylic acids is 2. The number of nitrogens with zero attached hydrogens (tertiary/aromatic N) is 3. The molecule has 2 heterocycles. The zero-order valence-electron chi connectivity index (χ0n) is 16.4. The van der Waals surface area contributed by atoms with Gasteiger partial charge >= 0.3 is 12.1 Å². The lowest BCUT2D eigenvalue weighted by molar-refractivity contribution is 0.115. The number of rotatable bonds is 4. The molecule has 150 valence electrons. The molecule has 1 unspecified atom stereocenters. The normalized spacial score (nSPS) is 19.5. The molecule has 1 aromatic carbocycles. The summed E-state index contributed by atoms with van der Waals surface area (Å²) in [4.78, 5) is 28.7. The Balaban J connectivity index is 1.43. The fraction of sp³-hybridized carbons (Fsp3) is 0.550. The number of piperidine rings is 1. The average Bonchev–Trinajstić information content (AvgIpc) is 3.45. The summed E-state index contributed by atoms with van der Waals surface area (Å²) >= 11 is 0. The number of nitrogens with one attached hydrogen (secondary N) is 2. The predicted octanol–water partition coefficient (Wildman–Crippen LogP) is 2.61. The van der Waals surface area contributed by atoms with Gasteiger partial charge in [0.1, 0.15) is 5.52 Å². The van der Waals surface area contributed by atoms with Crippen molar-refractivity contribution >= 4 is 23.0 Å². The van der Waals surface area contributed by atoms with E-state index in [4.69, 9.17) is 4.52 Å². The molecule has 1 atom stereocenters. The largest absolute Gasteiger partial charge is 0.358 e. The third kappa shape index (κ3) is 3.76. The molecule has 0 radical (unpaired) electrons. The third-order valence-electron chi connectivity index (χ3n) is 5.57. The maximum absolute atomic E-state index is 13.0. The Labute approximate surface area is 164 Å². The van der Waals surface area contributed by atoms with E-state index in [2.05, 4.69) is 15.8 Å². The van der Waals surface area contributed by atoms with E-state index in [1.54, 1.807) is 11.9 Å². The van der Waals surface area contributed by atoms with Gasteiger partial charge in [0, 0.05) is 31.6 Å². The molecule has 2 aliphatic rings. The standard InChI is InChI=1S/C20H27N5O3/c1-13-5-8-16-17(10-13)23-28-18(16)11-22-20(27)25(14-6-7-14)15-4-3-9-24(12-15)19(26)21-2/h5,8,10,14-15H,3-4,6-7,9,11-12H2,1-2H3,(H,21,26)(H,22,27). The summed E-state index contributed by atoms with van der Waals surface area (Å²) in [6, 6.07) is 6.10. The van der Waals surface area contributed by atoms with Crippen molar-refractivity contribution in [1.29, 1.82) is 0 Å². The van der Waals surface area contributed by atoms with Crippen LogP contribution in [0.1, 0.15) is 37.0 Å². The number of aromatic nitrogens is 1. The number of fused-ring (bicyclic) bond motifs is 1. The number of benzene rings is 1. The molecule has 8 heteroatoms. The van der Waals surface area contributed by atoms with E-state index >= 15 is 0 Å². The zero-order valence-corrected chi connectivity index (χ0v) is 16.4. The van der Waals surface area contributed by atoms with E-state index in [9.17, 15) is 9.59 Å². The second-order valence-corrected chi connectivity index (χ2v) is 7.72. The summed E-state index contributed by atoms with van der Waals surface area (Å²) in [5, 5.41) is 10.7. The molecule has 2 N–H and O–H groups in total. The summed E-state index contributed by atoms with van der Waals surface area (Å²) in [5.74, 6) is 0.662. The van der Waals surface area contributed by atoms with Gasteiger partial charge in [-0.1, -0.05) is 11.2 Å². The lowest BCUT2D eigenvalue weighted by Gasteiger charge is -2.39.